The van der Waals surface area contributed by atoms with Crippen LogP contribution in [0.5, 0.6) is 5.75 Å². The number of fused-ring (bicyclic) bond motifs is 1. The summed E-state index contributed by atoms with van der Waals surface area (Å²) < 4.78 is 7.62. The minimum absolute atomic E-state index is 0.215. The van der Waals surface area contributed by atoms with Gasteiger partial charge < -0.3 is 26.1 Å². The normalized spacial score (nSPS) is 13.9. The number of aromatic nitrogens is 3. The molecule has 0 spiro atoms. The summed E-state index contributed by atoms with van der Waals surface area (Å²) in [6.45, 7) is 9.39. The third-order valence-electron chi connectivity index (χ3n) is 5.73. The number of ether oxygens (including phenoxy) is 1. The molecule has 2 aromatic heterocycles. The molecule has 1 aliphatic heterocycles. The summed E-state index contributed by atoms with van der Waals surface area (Å²) >= 11 is 0. The van der Waals surface area contributed by atoms with Crippen molar-refractivity contribution in [2.24, 2.45) is 11.7 Å². The van der Waals surface area contributed by atoms with Crippen LogP contribution in [0.2, 0.25) is 0 Å². The molecular formula is C25H36N6O3. The second-order valence-electron chi connectivity index (χ2n) is 8.23. The number of nitrogens with one attached hydrogen (secondary N) is 3. The number of nitrogens with zero attached hydrogens (tertiary/aromatic N) is 2. The van der Waals surface area contributed by atoms with E-state index in [0.717, 1.165) is 37.0 Å². The van der Waals surface area contributed by atoms with Gasteiger partial charge in [-0.2, -0.15) is 4.98 Å². The maximum absolute atomic E-state index is 12.8. The van der Waals surface area contributed by atoms with E-state index in [1.165, 1.54) is 4.57 Å². The van der Waals surface area contributed by atoms with Crippen LogP contribution < -0.4 is 26.8 Å². The van der Waals surface area contributed by atoms with Crippen LogP contribution in [0.25, 0.3) is 16.7 Å². The number of aromatic amines is 1. The molecule has 5 N–H and O–H groups in total. The van der Waals surface area contributed by atoms with Crippen molar-refractivity contribution in [1.82, 2.24) is 25.2 Å². The SMILES string of the molecule is CC.Cc1cc2cn(-c3ccc(C(=O)NCCCN)c(OCC4CCNCC4)c3)c(=O)nc2[nH]1. The monoisotopic (exact) mass is 468 g/mol. The quantitative estimate of drug-likeness (QED) is 0.376. The van der Waals surface area contributed by atoms with Gasteiger partial charge in [-0.15, -0.1) is 0 Å². The third kappa shape index (κ3) is 6.24. The maximum Gasteiger partial charge on any atom is 0.354 e. The van der Waals surface area contributed by atoms with Crippen molar-refractivity contribution >= 4 is 16.9 Å². The highest BCUT2D eigenvalue weighted by atomic mass is 16.5. The van der Waals surface area contributed by atoms with Crippen molar-refractivity contribution < 1.29 is 9.53 Å². The van der Waals surface area contributed by atoms with E-state index >= 15 is 0 Å². The summed E-state index contributed by atoms with van der Waals surface area (Å²) in [7, 11) is 0. The summed E-state index contributed by atoms with van der Waals surface area (Å²) in [6.07, 6.45) is 4.52. The molecule has 1 amide bonds. The largest absolute Gasteiger partial charge is 0.492 e. The molecule has 0 radical (unpaired) electrons. The summed E-state index contributed by atoms with van der Waals surface area (Å²) in [5.74, 6) is 0.674. The second kappa shape index (κ2) is 12.3. The lowest BCUT2D eigenvalue weighted by Gasteiger charge is -2.23. The Balaban J connectivity index is 0.00000158. The van der Waals surface area contributed by atoms with Gasteiger partial charge in [0.25, 0.3) is 5.91 Å². The van der Waals surface area contributed by atoms with E-state index in [2.05, 4.69) is 20.6 Å². The summed E-state index contributed by atoms with van der Waals surface area (Å²) in [4.78, 5) is 32.6. The molecule has 34 heavy (non-hydrogen) atoms. The number of benzene rings is 1. The zero-order valence-electron chi connectivity index (χ0n) is 20.3. The molecule has 9 heteroatoms. The molecule has 1 aromatic carbocycles. The highest BCUT2D eigenvalue weighted by Gasteiger charge is 2.18. The van der Waals surface area contributed by atoms with Crippen molar-refractivity contribution in [3.63, 3.8) is 0 Å². The summed E-state index contributed by atoms with van der Waals surface area (Å²) in [5, 5.41) is 7.06. The Kier molecular flexibility index (Phi) is 9.24. The van der Waals surface area contributed by atoms with Crippen molar-refractivity contribution in [2.75, 3.05) is 32.8 Å². The first-order valence-corrected chi connectivity index (χ1v) is 12.1. The van der Waals surface area contributed by atoms with Crippen LogP contribution in [0, 0.1) is 12.8 Å². The van der Waals surface area contributed by atoms with E-state index in [4.69, 9.17) is 10.5 Å². The van der Waals surface area contributed by atoms with Crippen LogP contribution in [0.4, 0.5) is 0 Å². The number of H-pyrrole nitrogens is 1. The molecule has 0 atom stereocenters. The highest BCUT2D eigenvalue weighted by Crippen LogP contribution is 2.25. The summed E-state index contributed by atoms with van der Waals surface area (Å²) in [5.41, 5.74) is 7.66. The van der Waals surface area contributed by atoms with Gasteiger partial charge in [0.1, 0.15) is 11.4 Å². The van der Waals surface area contributed by atoms with Gasteiger partial charge >= 0.3 is 5.69 Å². The Bertz CT molecular complexity index is 1150. The molecule has 4 rings (SSSR count). The van der Waals surface area contributed by atoms with Crippen molar-refractivity contribution in [3.05, 3.63) is 52.2 Å². The van der Waals surface area contributed by atoms with E-state index in [0.29, 0.717) is 54.7 Å². The van der Waals surface area contributed by atoms with Crippen LogP contribution in [0.3, 0.4) is 0 Å². The molecule has 0 unspecified atom stereocenters. The predicted molar refractivity (Wildman–Crippen MR) is 135 cm³/mol. The zero-order chi connectivity index (χ0) is 24.5. The first-order valence-electron chi connectivity index (χ1n) is 12.1. The van der Waals surface area contributed by atoms with Gasteiger partial charge in [0.2, 0.25) is 0 Å². The third-order valence-corrected chi connectivity index (χ3v) is 5.73. The lowest BCUT2D eigenvalue weighted by Crippen LogP contribution is -2.31. The van der Waals surface area contributed by atoms with Crippen LogP contribution in [-0.2, 0) is 0 Å². The fourth-order valence-corrected chi connectivity index (χ4v) is 3.94. The topological polar surface area (TPSA) is 127 Å². The Morgan fingerprint density at radius 1 is 1.26 bits per heavy atom. The van der Waals surface area contributed by atoms with Gasteiger partial charge in [0, 0.05) is 29.9 Å². The van der Waals surface area contributed by atoms with Gasteiger partial charge in [-0.1, -0.05) is 13.8 Å². The van der Waals surface area contributed by atoms with Crippen LogP contribution in [-0.4, -0.2) is 53.2 Å². The minimum atomic E-state index is -0.399. The van der Waals surface area contributed by atoms with E-state index in [-0.39, 0.29) is 5.91 Å². The van der Waals surface area contributed by atoms with Gasteiger partial charge in [0.05, 0.1) is 17.9 Å². The molecule has 3 aromatic rings. The molecule has 0 saturated carbocycles. The number of carbonyl (C=O) groups excluding carboxylic acids is 1. The molecule has 1 aliphatic rings. The molecule has 1 saturated heterocycles. The smallest absolute Gasteiger partial charge is 0.354 e. The van der Waals surface area contributed by atoms with E-state index in [1.54, 1.807) is 24.4 Å². The number of rotatable bonds is 8. The first-order chi connectivity index (χ1) is 16.5. The standard InChI is InChI=1S/C23H30N6O3.C2H6/c1-15-11-17-13-29(23(31)28-21(17)27-15)18-3-4-19(22(30)26-8-2-7-24)20(12-18)32-14-16-5-9-25-10-6-16;1-2/h3-4,11-13,16,25H,2,5-10,14,24H2,1H3,(H,26,30)(H,27,28,31);1-2H3. The fraction of sp³-hybridized carbons (Fsp3) is 0.480. The number of piperidine rings is 1. The zero-order valence-corrected chi connectivity index (χ0v) is 20.3. The van der Waals surface area contributed by atoms with Crippen molar-refractivity contribution in [3.8, 4) is 11.4 Å². The highest BCUT2D eigenvalue weighted by molar-refractivity contribution is 5.97. The van der Waals surface area contributed by atoms with Gasteiger partial charge in [-0.25, -0.2) is 4.79 Å². The minimum Gasteiger partial charge on any atom is -0.492 e. The Hall–Kier alpha value is -3.17. The van der Waals surface area contributed by atoms with E-state index in [9.17, 15) is 9.59 Å². The first kappa shape index (κ1) is 25.5. The molecule has 9 nitrogen and oxygen atoms in total. The molecule has 1 fully saturated rings. The molecular weight excluding hydrogens is 432 g/mol. The Morgan fingerprint density at radius 2 is 2.03 bits per heavy atom. The second-order valence-corrected chi connectivity index (χ2v) is 8.23. The van der Waals surface area contributed by atoms with E-state index in [1.807, 2.05) is 26.8 Å². The van der Waals surface area contributed by atoms with E-state index < -0.39 is 5.69 Å². The number of carbonyl (C=O) groups is 1. The Morgan fingerprint density at radius 3 is 2.76 bits per heavy atom. The molecule has 184 valence electrons. The average molecular weight is 469 g/mol. The molecule has 0 aliphatic carbocycles. The molecule has 3 heterocycles. The lowest BCUT2D eigenvalue weighted by molar-refractivity contribution is 0.0947. The summed E-state index contributed by atoms with van der Waals surface area (Å²) in [6, 6.07) is 7.12. The maximum atomic E-state index is 12.8. The van der Waals surface area contributed by atoms with Crippen LogP contribution in [0.1, 0.15) is 49.2 Å². The Labute approximate surface area is 200 Å². The van der Waals surface area contributed by atoms with Gasteiger partial charge in [0.15, 0.2) is 0 Å². The number of aryl methyl sites for hydroxylation is 1. The number of hydrogen-bond donors (Lipinski definition) is 4. The predicted octanol–water partition coefficient (Wildman–Crippen LogP) is 2.51. The van der Waals surface area contributed by atoms with Crippen molar-refractivity contribution in [1.29, 1.82) is 0 Å². The number of amides is 1. The lowest BCUT2D eigenvalue weighted by atomic mass is 9.99. The molecule has 0 bridgehead atoms. The van der Waals surface area contributed by atoms with Gasteiger partial charge in [-0.3, -0.25) is 9.36 Å². The van der Waals surface area contributed by atoms with Crippen LogP contribution >= 0.6 is 0 Å². The average Bonchev–Trinajstić information content (AvgIpc) is 3.22. The number of nitrogens with two attached hydrogens (primary N) is 1. The van der Waals surface area contributed by atoms with Crippen molar-refractivity contribution in [2.45, 2.75) is 40.0 Å². The number of hydrogen-bond acceptors (Lipinski definition) is 6. The van der Waals surface area contributed by atoms with Crippen LogP contribution in [0.15, 0.2) is 35.3 Å². The fourth-order valence-electron chi connectivity index (χ4n) is 3.94. The van der Waals surface area contributed by atoms with Gasteiger partial charge in [-0.05, 0) is 69.9 Å².